The number of methoxy groups -OCH3 is 1. The predicted octanol–water partition coefficient (Wildman–Crippen LogP) is 3.54. The molecule has 1 aliphatic rings. The fraction of sp³-hybridized carbons (Fsp3) is 0.250. The molecule has 0 bridgehead atoms. The fourth-order valence-corrected chi connectivity index (χ4v) is 3.38. The summed E-state index contributed by atoms with van der Waals surface area (Å²) in [6, 6.07) is 14.7. The van der Waals surface area contributed by atoms with Gasteiger partial charge in [0.15, 0.2) is 6.04 Å². The van der Waals surface area contributed by atoms with Crippen LogP contribution in [0.4, 0.5) is 9.59 Å². The smallest absolute Gasteiger partial charge is 0.408 e. The Bertz CT molecular complexity index is 874. The first-order valence-corrected chi connectivity index (χ1v) is 8.99. The summed E-state index contributed by atoms with van der Waals surface area (Å²) < 4.78 is 10.1. The van der Waals surface area contributed by atoms with E-state index in [0.717, 1.165) is 10.5 Å². The van der Waals surface area contributed by atoms with Crippen molar-refractivity contribution in [2.75, 3.05) is 13.7 Å². The number of alkyl carbamates (subject to hydrolysis) is 1. The molecule has 0 fully saturated rings. The van der Waals surface area contributed by atoms with Crippen LogP contribution in [0.1, 0.15) is 28.8 Å². The van der Waals surface area contributed by atoms with Gasteiger partial charge in [-0.15, -0.1) is 0 Å². The van der Waals surface area contributed by atoms with Crippen LogP contribution in [0.2, 0.25) is 0 Å². The van der Waals surface area contributed by atoms with Crippen molar-refractivity contribution in [2.45, 2.75) is 18.7 Å². The van der Waals surface area contributed by atoms with E-state index in [1.54, 1.807) is 24.3 Å². The van der Waals surface area contributed by atoms with Crippen LogP contribution in [0, 0.1) is 0 Å². The SMILES string of the molecule is COC(=O)[C@@H]1c2ccccc2[C@@H](NC(=O)OCc2ccccc2)CN1C(=O)Cl. The van der Waals surface area contributed by atoms with Crippen molar-refractivity contribution < 1.29 is 23.9 Å². The summed E-state index contributed by atoms with van der Waals surface area (Å²) >= 11 is 5.70. The molecule has 2 amide bonds. The van der Waals surface area contributed by atoms with E-state index < -0.39 is 29.5 Å². The first-order chi connectivity index (χ1) is 13.5. The van der Waals surface area contributed by atoms with Crippen molar-refractivity contribution in [3.05, 3.63) is 71.3 Å². The Morgan fingerprint density at radius 1 is 1.07 bits per heavy atom. The molecule has 8 heteroatoms. The van der Waals surface area contributed by atoms with Crippen LogP contribution in [0.5, 0.6) is 0 Å². The lowest BCUT2D eigenvalue weighted by atomic mass is 9.89. The maximum Gasteiger partial charge on any atom is 0.408 e. The van der Waals surface area contributed by atoms with Gasteiger partial charge < -0.3 is 19.7 Å². The maximum absolute atomic E-state index is 12.3. The van der Waals surface area contributed by atoms with E-state index in [1.807, 2.05) is 30.3 Å². The molecule has 2 atom stereocenters. The minimum absolute atomic E-state index is 0.0134. The molecule has 0 aliphatic carbocycles. The molecule has 0 saturated heterocycles. The third-order valence-corrected chi connectivity index (χ3v) is 4.73. The van der Waals surface area contributed by atoms with Crippen molar-refractivity contribution in [3.8, 4) is 0 Å². The Balaban J connectivity index is 1.79. The number of esters is 1. The van der Waals surface area contributed by atoms with E-state index in [-0.39, 0.29) is 13.2 Å². The number of hydrogen-bond donors (Lipinski definition) is 1. The molecule has 28 heavy (non-hydrogen) atoms. The Kier molecular flexibility index (Phi) is 6.16. The number of benzene rings is 2. The lowest BCUT2D eigenvalue weighted by Crippen LogP contribution is -2.47. The summed E-state index contributed by atoms with van der Waals surface area (Å²) in [6.45, 7) is 0.128. The predicted molar refractivity (Wildman–Crippen MR) is 102 cm³/mol. The number of carbonyl (C=O) groups is 3. The van der Waals surface area contributed by atoms with Gasteiger partial charge in [0, 0.05) is 6.54 Å². The molecule has 0 saturated carbocycles. The molecule has 7 nitrogen and oxygen atoms in total. The van der Waals surface area contributed by atoms with Gasteiger partial charge >= 0.3 is 17.4 Å². The van der Waals surface area contributed by atoms with Gasteiger partial charge in [0.25, 0.3) is 0 Å². The zero-order valence-corrected chi connectivity index (χ0v) is 15.9. The van der Waals surface area contributed by atoms with Gasteiger partial charge in [-0.3, -0.25) is 4.79 Å². The monoisotopic (exact) mass is 402 g/mol. The summed E-state index contributed by atoms with van der Waals surface area (Å²) in [6.07, 6.45) is -0.637. The highest BCUT2D eigenvalue weighted by atomic mass is 35.5. The second kappa shape index (κ2) is 8.75. The quantitative estimate of drug-likeness (QED) is 0.480. The van der Waals surface area contributed by atoms with Gasteiger partial charge in [-0.25, -0.2) is 9.59 Å². The number of carbonyl (C=O) groups excluding carboxylic acids is 3. The molecule has 1 aliphatic heterocycles. The topological polar surface area (TPSA) is 84.9 Å². The number of ether oxygens (including phenoxy) is 2. The van der Waals surface area contributed by atoms with Crippen LogP contribution in [-0.4, -0.2) is 36.0 Å². The highest BCUT2D eigenvalue weighted by molar-refractivity contribution is 6.63. The van der Waals surface area contributed by atoms with E-state index in [0.29, 0.717) is 11.1 Å². The lowest BCUT2D eigenvalue weighted by molar-refractivity contribution is -0.146. The van der Waals surface area contributed by atoms with E-state index in [1.165, 1.54) is 7.11 Å². The van der Waals surface area contributed by atoms with Crippen LogP contribution in [0.15, 0.2) is 54.6 Å². The summed E-state index contributed by atoms with van der Waals surface area (Å²) in [7, 11) is 1.24. The average Bonchev–Trinajstić information content (AvgIpc) is 2.72. The first-order valence-electron chi connectivity index (χ1n) is 8.61. The largest absolute Gasteiger partial charge is 0.467 e. The molecule has 3 rings (SSSR count). The standard InChI is InChI=1S/C20H19ClN2O5/c1-27-18(24)17-15-10-6-5-9-14(15)16(11-23(17)19(21)25)22-20(26)28-12-13-7-3-2-4-8-13/h2-10,16-17H,11-12H2,1H3,(H,22,26)/t16-,17-/m0/s1. The van der Waals surface area contributed by atoms with Gasteiger partial charge in [0.1, 0.15) is 6.61 Å². The zero-order valence-electron chi connectivity index (χ0n) is 15.1. The van der Waals surface area contributed by atoms with E-state index in [4.69, 9.17) is 21.1 Å². The summed E-state index contributed by atoms with van der Waals surface area (Å²) in [5.74, 6) is -0.605. The highest BCUT2D eigenvalue weighted by Gasteiger charge is 2.40. The number of hydrogen-bond acceptors (Lipinski definition) is 5. The van der Waals surface area contributed by atoms with E-state index in [9.17, 15) is 14.4 Å². The average molecular weight is 403 g/mol. The Labute approximate surface area is 167 Å². The normalized spacial score (nSPS) is 18.0. The fourth-order valence-electron chi connectivity index (χ4n) is 3.22. The Morgan fingerprint density at radius 2 is 1.71 bits per heavy atom. The summed E-state index contributed by atoms with van der Waals surface area (Å²) in [4.78, 5) is 37.6. The number of amides is 2. The van der Waals surface area contributed by atoms with Crippen molar-refractivity contribution in [3.63, 3.8) is 0 Å². The first kappa shape index (κ1) is 19.7. The van der Waals surface area contributed by atoms with Gasteiger partial charge in [0.2, 0.25) is 0 Å². The van der Waals surface area contributed by atoms with Crippen LogP contribution in [0.25, 0.3) is 0 Å². The van der Waals surface area contributed by atoms with Crippen LogP contribution < -0.4 is 5.32 Å². The van der Waals surface area contributed by atoms with Crippen molar-refractivity contribution in [1.29, 1.82) is 0 Å². The van der Waals surface area contributed by atoms with E-state index in [2.05, 4.69) is 5.32 Å². The van der Waals surface area contributed by atoms with Crippen molar-refractivity contribution >= 4 is 29.0 Å². The molecule has 0 radical (unpaired) electrons. The molecule has 146 valence electrons. The van der Waals surface area contributed by atoms with Crippen LogP contribution in [-0.2, 0) is 20.9 Å². The number of nitrogens with zero attached hydrogens (tertiary/aromatic N) is 1. The molecule has 1 heterocycles. The molecule has 0 unspecified atom stereocenters. The number of fused-ring (bicyclic) bond motifs is 1. The number of nitrogens with one attached hydrogen (secondary N) is 1. The summed E-state index contributed by atoms with van der Waals surface area (Å²) in [5, 5.41) is 1.93. The second-order valence-electron chi connectivity index (χ2n) is 6.22. The second-order valence-corrected chi connectivity index (χ2v) is 6.54. The number of rotatable bonds is 4. The van der Waals surface area contributed by atoms with Crippen molar-refractivity contribution in [1.82, 2.24) is 10.2 Å². The minimum Gasteiger partial charge on any atom is -0.467 e. The third-order valence-electron chi connectivity index (χ3n) is 4.51. The van der Waals surface area contributed by atoms with Crippen LogP contribution in [0.3, 0.4) is 0 Å². The lowest BCUT2D eigenvalue weighted by Gasteiger charge is -2.38. The molecule has 0 aromatic heterocycles. The third kappa shape index (κ3) is 4.26. The molecular weight excluding hydrogens is 384 g/mol. The molecular formula is C20H19ClN2O5. The molecule has 0 spiro atoms. The molecule has 2 aromatic carbocycles. The Hall–Kier alpha value is -3.06. The molecule has 1 N–H and O–H groups in total. The summed E-state index contributed by atoms with van der Waals surface area (Å²) in [5.41, 5.74) is 2.09. The minimum atomic E-state index is -0.968. The molecule has 2 aromatic rings. The van der Waals surface area contributed by atoms with Gasteiger partial charge in [-0.05, 0) is 28.3 Å². The van der Waals surface area contributed by atoms with Gasteiger partial charge in [0.05, 0.1) is 13.2 Å². The number of halogens is 1. The van der Waals surface area contributed by atoms with Crippen molar-refractivity contribution in [2.24, 2.45) is 0 Å². The highest BCUT2D eigenvalue weighted by Crippen LogP contribution is 2.36. The zero-order chi connectivity index (χ0) is 20.1. The van der Waals surface area contributed by atoms with E-state index >= 15 is 0 Å². The van der Waals surface area contributed by atoms with Gasteiger partial charge in [-0.2, -0.15) is 0 Å². The Morgan fingerprint density at radius 3 is 2.36 bits per heavy atom. The maximum atomic E-state index is 12.3. The van der Waals surface area contributed by atoms with Gasteiger partial charge in [-0.1, -0.05) is 54.6 Å². The van der Waals surface area contributed by atoms with Crippen LogP contribution >= 0.6 is 11.6 Å².